The Labute approximate surface area is 160 Å². The molecule has 26 heavy (non-hydrogen) atoms. The number of benzene rings is 3. The van der Waals surface area contributed by atoms with E-state index in [4.69, 9.17) is 11.6 Å². The van der Waals surface area contributed by atoms with Crippen LogP contribution in [0.15, 0.2) is 97.0 Å². The van der Waals surface area contributed by atoms with Gasteiger partial charge in [0.1, 0.15) is 0 Å². The van der Waals surface area contributed by atoms with Gasteiger partial charge in [0.2, 0.25) is 0 Å². The number of rotatable bonds is 3. The third-order valence-corrected chi connectivity index (χ3v) is 5.02. The minimum atomic E-state index is 0.137. The average molecular weight is 356 g/mol. The lowest BCUT2D eigenvalue weighted by atomic mass is 9.51. The standard InChI is InChI=1S/C23H19BClN/c1-18-8-5-6-11-22(18)24-17-7-12-23(19-9-3-2-4-10-19)26(24)21-15-13-20(25)14-16-21/h2-17H,1H3. The highest BCUT2D eigenvalue weighted by Crippen LogP contribution is 2.31. The van der Waals surface area contributed by atoms with E-state index in [9.17, 15) is 0 Å². The average Bonchev–Trinajstić information content (AvgIpc) is 2.69. The summed E-state index contributed by atoms with van der Waals surface area (Å²) in [6.45, 7) is 2.31. The number of nitrogens with zero attached hydrogens (tertiary/aromatic N) is 1. The maximum atomic E-state index is 6.14. The molecule has 1 aliphatic rings. The third kappa shape index (κ3) is 3.21. The Morgan fingerprint density at radius 1 is 0.808 bits per heavy atom. The summed E-state index contributed by atoms with van der Waals surface area (Å²) in [6, 6.07) is 27.2. The van der Waals surface area contributed by atoms with E-state index in [0.717, 1.165) is 10.7 Å². The Hall–Kier alpha value is -2.71. The van der Waals surface area contributed by atoms with Gasteiger partial charge in [-0.25, -0.2) is 0 Å². The van der Waals surface area contributed by atoms with E-state index in [1.165, 1.54) is 22.3 Å². The van der Waals surface area contributed by atoms with E-state index in [1.54, 1.807) is 0 Å². The zero-order valence-corrected chi connectivity index (χ0v) is 15.4. The fourth-order valence-corrected chi connectivity index (χ4v) is 3.60. The van der Waals surface area contributed by atoms with Crippen molar-refractivity contribution in [1.82, 2.24) is 0 Å². The quantitative estimate of drug-likeness (QED) is 0.560. The van der Waals surface area contributed by atoms with Gasteiger partial charge in [0.05, 0.1) is 0 Å². The van der Waals surface area contributed by atoms with E-state index in [1.807, 2.05) is 18.2 Å². The molecule has 0 aromatic heterocycles. The van der Waals surface area contributed by atoms with Gasteiger partial charge in [-0.3, -0.25) is 0 Å². The number of hydrogen-bond acceptors (Lipinski definition) is 1. The monoisotopic (exact) mass is 355 g/mol. The molecule has 0 unspecified atom stereocenters. The van der Waals surface area contributed by atoms with Crippen molar-refractivity contribution in [3.05, 3.63) is 113 Å². The summed E-state index contributed by atoms with van der Waals surface area (Å²) in [5, 5.41) is 0.749. The van der Waals surface area contributed by atoms with Gasteiger partial charge in [-0.05, 0) is 48.3 Å². The summed E-state index contributed by atoms with van der Waals surface area (Å²) in [5.41, 5.74) is 6.10. The second-order valence-electron chi connectivity index (χ2n) is 6.45. The summed E-state index contributed by atoms with van der Waals surface area (Å²) in [4.78, 5) is 2.38. The Bertz CT molecular complexity index is 961. The van der Waals surface area contributed by atoms with Gasteiger partial charge in [0.25, 0.3) is 0 Å². The van der Waals surface area contributed by atoms with Crippen molar-refractivity contribution < 1.29 is 0 Å². The molecule has 0 saturated heterocycles. The Balaban J connectivity index is 1.87. The van der Waals surface area contributed by atoms with E-state index < -0.39 is 0 Å². The lowest BCUT2D eigenvalue weighted by molar-refractivity contribution is 1.37. The summed E-state index contributed by atoms with van der Waals surface area (Å²) in [6.07, 6.45) is 4.34. The van der Waals surface area contributed by atoms with Crippen LogP contribution in [-0.4, -0.2) is 6.85 Å². The van der Waals surface area contributed by atoms with E-state index in [-0.39, 0.29) is 6.85 Å². The lowest BCUT2D eigenvalue weighted by Gasteiger charge is -2.35. The van der Waals surface area contributed by atoms with Crippen LogP contribution in [0.2, 0.25) is 5.02 Å². The molecule has 0 fully saturated rings. The highest BCUT2D eigenvalue weighted by molar-refractivity contribution is 6.83. The second kappa shape index (κ2) is 7.27. The molecule has 0 saturated carbocycles. The smallest absolute Gasteiger partial charge is 0.320 e. The fraction of sp³-hybridized carbons (Fsp3) is 0.0435. The molecule has 4 rings (SSSR count). The summed E-state index contributed by atoms with van der Waals surface area (Å²) < 4.78 is 0. The molecule has 1 aliphatic heterocycles. The van der Waals surface area contributed by atoms with Crippen molar-refractivity contribution in [3.8, 4) is 0 Å². The molecule has 0 N–H and O–H groups in total. The topological polar surface area (TPSA) is 3.24 Å². The van der Waals surface area contributed by atoms with Crippen molar-refractivity contribution in [3.63, 3.8) is 0 Å². The molecule has 0 radical (unpaired) electrons. The zero-order valence-electron chi connectivity index (χ0n) is 14.6. The normalized spacial score (nSPS) is 13.7. The number of allylic oxidation sites excluding steroid dienone is 2. The van der Waals surface area contributed by atoms with E-state index >= 15 is 0 Å². The predicted octanol–water partition coefficient (Wildman–Crippen LogP) is 5.50. The lowest BCUT2D eigenvalue weighted by Crippen LogP contribution is -2.48. The molecule has 126 valence electrons. The summed E-state index contributed by atoms with van der Waals surface area (Å²) >= 11 is 6.14. The largest absolute Gasteiger partial charge is 0.377 e. The second-order valence-corrected chi connectivity index (χ2v) is 6.89. The van der Waals surface area contributed by atoms with Gasteiger partial charge in [-0.15, -0.1) is 0 Å². The van der Waals surface area contributed by atoms with Crippen LogP contribution in [0.1, 0.15) is 11.1 Å². The van der Waals surface area contributed by atoms with Crippen LogP contribution in [0.3, 0.4) is 0 Å². The number of aryl methyl sites for hydroxylation is 1. The molecule has 0 aliphatic carbocycles. The third-order valence-electron chi connectivity index (χ3n) is 4.77. The van der Waals surface area contributed by atoms with Crippen molar-refractivity contribution in [2.45, 2.75) is 6.92 Å². The van der Waals surface area contributed by atoms with Crippen molar-refractivity contribution in [2.24, 2.45) is 0 Å². The molecular formula is C23H19BClN. The van der Waals surface area contributed by atoms with Crippen LogP contribution in [-0.2, 0) is 0 Å². The van der Waals surface area contributed by atoms with Crippen molar-refractivity contribution >= 4 is 35.3 Å². The van der Waals surface area contributed by atoms with Gasteiger partial charge >= 0.3 is 6.85 Å². The molecule has 3 aromatic carbocycles. The first-order valence-corrected chi connectivity index (χ1v) is 9.16. The van der Waals surface area contributed by atoms with Crippen molar-refractivity contribution in [1.29, 1.82) is 0 Å². The highest BCUT2D eigenvalue weighted by atomic mass is 35.5. The molecule has 0 atom stereocenters. The highest BCUT2D eigenvalue weighted by Gasteiger charge is 2.30. The summed E-state index contributed by atoms with van der Waals surface area (Å²) in [7, 11) is 0. The maximum absolute atomic E-state index is 6.14. The first-order valence-electron chi connectivity index (χ1n) is 8.78. The minimum Gasteiger partial charge on any atom is -0.377 e. The Morgan fingerprint density at radius 3 is 2.23 bits per heavy atom. The van der Waals surface area contributed by atoms with Crippen LogP contribution in [0.25, 0.3) is 5.70 Å². The van der Waals surface area contributed by atoms with E-state index in [0.29, 0.717) is 0 Å². The maximum Gasteiger partial charge on any atom is 0.320 e. The van der Waals surface area contributed by atoms with Crippen LogP contribution < -0.4 is 10.3 Å². The molecule has 3 heteroatoms. The summed E-state index contributed by atoms with van der Waals surface area (Å²) in [5.74, 6) is 2.25. The van der Waals surface area contributed by atoms with E-state index in [2.05, 4.69) is 90.5 Å². The number of anilines is 1. The molecule has 3 aromatic rings. The SMILES string of the molecule is Cc1ccccc1B1C=CC=C(c2ccccc2)N1c1ccc(Cl)cc1. The van der Waals surface area contributed by atoms with Gasteiger partial charge < -0.3 is 4.81 Å². The Kier molecular flexibility index (Phi) is 4.68. The van der Waals surface area contributed by atoms with Crippen LogP contribution >= 0.6 is 11.6 Å². The van der Waals surface area contributed by atoms with Crippen molar-refractivity contribution in [2.75, 3.05) is 4.81 Å². The molecule has 0 bridgehead atoms. The van der Waals surface area contributed by atoms with Gasteiger partial charge in [0, 0.05) is 16.4 Å². The first-order chi connectivity index (χ1) is 12.7. The molecule has 1 nitrogen and oxygen atoms in total. The molecule has 1 heterocycles. The minimum absolute atomic E-state index is 0.137. The fourth-order valence-electron chi connectivity index (χ4n) is 3.48. The molecular weight excluding hydrogens is 337 g/mol. The number of halogens is 1. The number of hydrogen-bond donors (Lipinski definition) is 0. The predicted molar refractivity (Wildman–Crippen MR) is 114 cm³/mol. The van der Waals surface area contributed by atoms with Gasteiger partial charge in [0.15, 0.2) is 0 Å². The zero-order chi connectivity index (χ0) is 17.9. The Morgan fingerprint density at radius 2 is 1.50 bits per heavy atom. The first kappa shape index (κ1) is 16.7. The van der Waals surface area contributed by atoms with Gasteiger partial charge in [-0.1, -0.05) is 83.8 Å². The molecule has 0 spiro atoms. The van der Waals surface area contributed by atoms with Crippen LogP contribution in [0, 0.1) is 6.92 Å². The molecule has 0 amide bonds. The van der Waals surface area contributed by atoms with Gasteiger partial charge in [-0.2, -0.15) is 0 Å². The van der Waals surface area contributed by atoms with Crippen LogP contribution in [0.4, 0.5) is 5.69 Å². The van der Waals surface area contributed by atoms with Crippen LogP contribution in [0.5, 0.6) is 0 Å².